The highest BCUT2D eigenvalue weighted by atomic mass is 35.5. The molecule has 5 nitrogen and oxygen atoms in total. The average Bonchev–Trinajstić information content (AvgIpc) is 2.84. The Morgan fingerprint density at radius 3 is 2.88 bits per heavy atom. The molecule has 1 aliphatic heterocycles. The van der Waals surface area contributed by atoms with Crippen LogP contribution in [0, 0.1) is 6.92 Å². The van der Waals surface area contributed by atoms with Crippen LogP contribution in [0.4, 0.5) is 0 Å². The Hall–Kier alpha value is -3.15. The molecule has 1 atom stereocenters. The number of alkyl halides is 1. The Morgan fingerprint density at radius 1 is 1.24 bits per heavy atom. The van der Waals surface area contributed by atoms with Gasteiger partial charge in [-0.2, -0.15) is 0 Å². The summed E-state index contributed by atoms with van der Waals surface area (Å²) in [7, 11) is 0. The van der Waals surface area contributed by atoms with Gasteiger partial charge in [0.25, 0.3) is 0 Å². The molecule has 34 heavy (non-hydrogen) atoms. The summed E-state index contributed by atoms with van der Waals surface area (Å²) < 4.78 is 11.3. The first-order valence-corrected chi connectivity index (χ1v) is 11.9. The van der Waals surface area contributed by atoms with Gasteiger partial charge in [-0.15, -0.1) is 11.6 Å². The van der Waals surface area contributed by atoms with E-state index in [-0.39, 0.29) is 18.9 Å². The molecule has 0 fully saturated rings. The minimum absolute atomic E-state index is 0.0189. The van der Waals surface area contributed by atoms with Crippen molar-refractivity contribution in [3.63, 3.8) is 0 Å². The number of nitrogens with zero attached hydrogens (tertiary/aromatic N) is 1. The molecule has 6 heteroatoms. The fourth-order valence-electron chi connectivity index (χ4n) is 4.64. The van der Waals surface area contributed by atoms with Crippen LogP contribution in [0.25, 0.3) is 32.8 Å². The van der Waals surface area contributed by atoms with Crippen LogP contribution < -0.4 is 4.74 Å². The quantitative estimate of drug-likeness (QED) is 0.300. The van der Waals surface area contributed by atoms with Crippen molar-refractivity contribution < 1.29 is 19.4 Å². The van der Waals surface area contributed by atoms with E-state index >= 15 is 0 Å². The standard InChI is InChI=1S/C28H26ClNO4/c1-17-13-19-5-3-4-6-20(19)26(22(17)14-24(31)34-16-28(2,32)15-29)21-7-8-23-25-18(10-12-33-23)9-11-30-27(21)25/h3-9,11,13,32H,10,12,14-16H2,1-2H3. The van der Waals surface area contributed by atoms with Crippen LogP contribution in [-0.4, -0.2) is 40.8 Å². The number of halogens is 1. The molecule has 0 amide bonds. The first kappa shape index (κ1) is 22.6. The lowest BCUT2D eigenvalue weighted by atomic mass is 9.87. The largest absolute Gasteiger partial charge is 0.493 e. The Bertz CT molecular complexity index is 1400. The van der Waals surface area contributed by atoms with Gasteiger partial charge in [0.15, 0.2) is 0 Å². The van der Waals surface area contributed by atoms with Crippen molar-refractivity contribution in [2.24, 2.45) is 0 Å². The molecule has 3 aromatic carbocycles. The molecular weight excluding hydrogens is 450 g/mol. The maximum absolute atomic E-state index is 12.9. The summed E-state index contributed by atoms with van der Waals surface area (Å²) in [6.07, 6.45) is 2.75. The van der Waals surface area contributed by atoms with Crippen molar-refractivity contribution in [2.75, 3.05) is 19.1 Å². The van der Waals surface area contributed by atoms with E-state index in [1.807, 2.05) is 43.5 Å². The summed E-state index contributed by atoms with van der Waals surface area (Å²) in [5.41, 5.74) is 4.62. The normalized spacial score (nSPS) is 14.6. The van der Waals surface area contributed by atoms with E-state index in [0.29, 0.717) is 6.61 Å². The summed E-state index contributed by atoms with van der Waals surface area (Å²) >= 11 is 5.77. The van der Waals surface area contributed by atoms with Gasteiger partial charge in [-0.25, -0.2) is 0 Å². The zero-order valence-corrected chi connectivity index (χ0v) is 20.0. The maximum Gasteiger partial charge on any atom is 0.310 e. The van der Waals surface area contributed by atoms with Crippen LogP contribution in [0.1, 0.15) is 23.6 Å². The first-order chi connectivity index (χ1) is 16.4. The highest BCUT2D eigenvalue weighted by Gasteiger charge is 2.24. The summed E-state index contributed by atoms with van der Waals surface area (Å²) in [6, 6.07) is 16.3. The van der Waals surface area contributed by atoms with Gasteiger partial charge < -0.3 is 14.6 Å². The molecule has 1 aromatic heterocycles. The predicted molar refractivity (Wildman–Crippen MR) is 135 cm³/mol. The van der Waals surface area contributed by atoms with Crippen molar-refractivity contribution in [1.82, 2.24) is 4.98 Å². The van der Waals surface area contributed by atoms with Gasteiger partial charge in [0.1, 0.15) is 18.0 Å². The molecule has 0 bridgehead atoms. The second-order valence-corrected chi connectivity index (χ2v) is 9.41. The zero-order chi connectivity index (χ0) is 23.9. The monoisotopic (exact) mass is 475 g/mol. The van der Waals surface area contributed by atoms with Gasteiger partial charge in [-0.05, 0) is 65.1 Å². The number of fused-ring (bicyclic) bond motifs is 1. The highest BCUT2D eigenvalue weighted by Crippen LogP contribution is 2.42. The lowest BCUT2D eigenvalue weighted by Gasteiger charge is -2.22. The van der Waals surface area contributed by atoms with Crippen LogP contribution in [-0.2, 0) is 22.4 Å². The molecule has 0 radical (unpaired) electrons. The number of rotatable bonds is 6. The number of esters is 1. The minimum atomic E-state index is -1.27. The zero-order valence-electron chi connectivity index (χ0n) is 19.2. The number of aliphatic hydroxyl groups is 1. The molecule has 1 unspecified atom stereocenters. The molecule has 0 spiro atoms. The lowest BCUT2D eigenvalue weighted by Crippen LogP contribution is -2.34. The van der Waals surface area contributed by atoms with Crippen molar-refractivity contribution in [1.29, 1.82) is 0 Å². The molecule has 2 heterocycles. The van der Waals surface area contributed by atoms with Gasteiger partial charge in [0.05, 0.1) is 24.4 Å². The van der Waals surface area contributed by atoms with Crippen LogP contribution in [0.5, 0.6) is 5.75 Å². The molecule has 4 aromatic rings. The molecule has 1 aliphatic rings. The molecule has 0 saturated heterocycles. The number of hydrogen-bond acceptors (Lipinski definition) is 5. The Kier molecular flexibility index (Phi) is 5.92. The van der Waals surface area contributed by atoms with Crippen LogP contribution in [0.2, 0.25) is 0 Å². The van der Waals surface area contributed by atoms with E-state index in [2.05, 4.69) is 18.2 Å². The molecule has 1 N–H and O–H groups in total. The van der Waals surface area contributed by atoms with Gasteiger partial charge in [-0.1, -0.05) is 30.3 Å². The van der Waals surface area contributed by atoms with E-state index in [1.165, 1.54) is 5.56 Å². The Labute approximate surface area is 203 Å². The van der Waals surface area contributed by atoms with E-state index in [0.717, 1.165) is 56.1 Å². The predicted octanol–water partition coefficient (Wildman–Crippen LogP) is 5.37. The molecule has 5 rings (SSSR count). The average molecular weight is 476 g/mol. The van der Waals surface area contributed by atoms with E-state index in [1.54, 1.807) is 6.92 Å². The number of benzene rings is 3. The number of hydrogen-bond donors (Lipinski definition) is 1. The Morgan fingerprint density at radius 2 is 2.06 bits per heavy atom. The van der Waals surface area contributed by atoms with Crippen LogP contribution >= 0.6 is 11.6 Å². The second-order valence-electron chi connectivity index (χ2n) is 9.14. The maximum atomic E-state index is 12.9. The molecular formula is C28H26ClNO4. The van der Waals surface area contributed by atoms with E-state index in [9.17, 15) is 9.90 Å². The highest BCUT2D eigenvalue weighted by molar-refractivity contribution is 6.18. The smallest absolute Gasteiger partial charge is 0.310 e. The van der Waals surface area contributed by atoms with Gasteiger partial charge in [-0.3, -0.25) is 9.78 Å². The van der Waals surface area contributed by atoms with Gasteiger partial charge >= 0.3 is 5.97 Å². The third kappa shape index (κ3) is 4.10. The SMILES string of the molecule is Cc1cc2ccccc2c(-c2ccc3c4c(ccnc24)CCO3)c1CC(=O)OCC(C)(O)CCl. The van der Waals surface area contributed by atoms with E-state index in [4.69, 9.17) is 26.1 Å². The second kappa shape index (κ2) is 8.90. The summed E-state index contributed by atoms with van der Waals surface area (Å²) in [5.74, 6) is 0.410. The molecule has 0 saturated carbocycles. The fourth-order valence-corrected chi connectivity index (χ4v) is 4.72. The summed E-state index contributed by atoms with van der Waals surface area (Å²) in [4.78, 5) is 17.6. The number of aryl methyl sites for hydroxylation is 1. The number of ether oxygens (including phenoxy) is 2. The van der Waals surface area contributed by atoms with E-state index < -0.39 is 11.6 Å². The number of aromatic nitrogens is 1. The number of pyridine rings is 1. The van der Waals surface area contributed by atoms with Crippen molar-refractivity contribution in [2.45, 2.75) is 32.3 Å². The Balaban J connectivity index is 1.69. The lowest BCUT2D eigenvalue weighted by molar-refractivity contribution is -0.148. The van der Waals surface area contributed by atoms with Crippen molar-refractivity contribution in [3.05, 3.63) is 71.4 Å². The summed E-state index contributed by atoms with van der Waals surface area (Å²) in [6.45, 7) is 4.05. The fraction of sp³-hybridized carbons (Fsp3) is 0.286. The third-order valence-electron chi connectivity index (χ3n) is 6.37. The van der Waals surface area contributed by atoms with Gasteiger partial charge in [0.2, 0.25) is 0 Å². The van der Waals surface area contributed by atoms with Crippen molar-refractivity contribution >= 4 is 39.2 Å². The number of carbonyl (C=O) groups is 1. The van der Waals surface area contributed by atoms with Crippen LogP contribution in [0.15, 0.2) is 54.7 Å². The molecule has 0 aliphatic carbocycles. The van der Waals surface area contributed by atoms with Gasteiger partial charge in [0, 0.05) is 23.6 Å². The third-order valence-corrected chi connectivity index (χ3v) is 6.95. The summed E-state index contributed by atoms with van der Waals surface area (Å²) in [5, 5.41) is 13.3. The van der Waals surface area contributed by atoms with Crippen molar-refractivity contribution in [3.8, 4) is 16.9 Å². The minimum Gasteiger partial charge on any atom is -0.493 e. The number of carbonyl (C=O) groups excluding carboxylic acids is 1. The first-order valence-electron chi connectivity index (χ1n) is 11.4. The topological polar surface area (TPSA) is 68.7 Å². The van der Waals surface area contributed by atoms with Crippen LogP contribution in [0.3, 0.4) is 0 Å². The molecule has 174 valence electrons.